The fraction of sp³-hybridized carbons (Fsp3) is 0.692. The molecule has 1 aromatic rings. The highest BCUT2D eigenvalue weighted by molar-refractivity contribution is 9.11. The summed E-state index contributed by atoms with van der Waals surface area (Å²) in [5.74, 6) is 0.902. The van der Waals surface area contributed by atoms with Gasteiger partial charge in [0, 0.05) is 37.1 Å². The van der Waals surface area contributed by atoms with Crippen LogP contribution in [0.1, 0.15) is 30.2 Å². The van der Waals surface area contributed by atoms with Crippen LogP contribution >= 0.6 is 52.1 Å². The average molecular weight is 388 g/mol. The first-order valence-electron chi connectivity index (χ1n) is 6.54. The summed E-state index contributed by atoms with van der Waals surface area (Å²) >= 11 is 5.52. The number of halogens is 3. The number of nitrogens with one attached hydrogen (secondary N) is 1. The maximum absolute atomic E-state index is 3.60. The van der Waals surface area contributed by atoms with E-state index in [2.05, 4.69) is 38.3 Å². The number of nitrogens with zero attached hydrogens (tertiary/aromatic N) is 1. The highest BCUT2D eigenvalue weighted by atomic mass is 79.9. The third-order valence-corrected chi connectivity index (χ3v) is 5.72. The third-order valence-electron chi connectivity index (χ3n) is 4.03. The van der Waals surface area contributed by atoms with Crippen LogP contribution in [0.15, 0.2) is 15.9 Å². The van der Waals surface area contributed by atoms with Gasteiger partial charge in [0.05, 0.1) is 3.79 Å². The lowest BCUT2D eigenvalue weighted by atomic mass is 9.78. The maximum atomic E-state index is 3.60. The molecule has 1 saturated heterocycles. The van der Waals surface area contributed by atoms with Crippen molar-refractivity contribution in [2.45, 2.75) is 25.3 Å². The molecule has 0 aromatic carbocycles. The quantitative estimate of drug-likeness (QED) is 0.839. The van der Waals surface area contributed by atoms with Gasteiger partial charge in [-0.3, -0.25) is 4.90 Å². The van der Waals surface area contributed by atoms with Gasteiger partial charge in [-0.05, 0) is 46.8 Å². The van der Waals surface area contributed by atoms with Crippen molar-refractivity contribution in [3.05, 3.63) is 20.8 Å². The predicted molar refractivity (Wildman–Crippen MR) is 91.0 cm³/mol. The molecule has 2 aliphatic rings. The highest BCUT2D eigenvalue weighted by Gasteiger charge is 2.34. The summed E-state index contributed by atoms with van der Waals surface area (Å²) in [4.78, 5) is 4.25. The van der Waals surface area contributed by atoms with Gasteiger partial charge in [0.15, 0.2) is 0 Å². The molecule has 0 bridgehead atoms. The first-order chi connectivity index (χ1) is 8.34. The van der Waals surface area contributed by atoms with Gasteiger partial charge in [-0.25, -0.2) is 0 Å². The van der Waals surface area contributed by atoms with E-state index >= 15 is 0 Å². The van der Waals surface area contributed by atoms with Crippen molar-refractivity contribution >= 4 is 52.1 Å². The van der Waals surface area contributed by atoms with Gasteiger partial charge in [-0.1, -0.05) is 6.42 Å². The van der Waals surface area contributed by atoms with Crippen LogP contribution in [-0.4, -0.2) is 31.1 Å². The van der Waals surface area contributed by atoms with Crippen molar-refractivity contribution in [1.29, 1.82) is 0 Å². The molecule has 2 nitrogen and oxygen atoms in total. The second-order valence-corrected chi connectivity index (χ2v) is 7.56. The normalized spacial score (nSPS) is 21.9. The summed E-state index contributed by atoms with van der Waals surface area (Å²) in [5, 5.41) is 3.45. The lowest BCUT2D eigenvalue weighted by Gasteiger charge is -2.42. The Morgan fingerprint density at radius 3 is 2.37 bits per heavy atom. The van der Waals surface area contributed by atoms with E-state index in [0.717, 1.165) is 19.0 Å². The van der Waals surface area contributed by atoms with Crippen molar-refractivity contribution in [2.24, 2.45) is 5.92 Å². The Hall–Kier alpha value is 0.680. The van der Waals surface area contributed by atoms with Crippen LogP contribution in [0.2, 0.25) is 0 Å². The molecule has 1 aromatic heterocycles. The maximum Gasteiger partial charge on any atom is 0.0701 e. The van der Waals surface area contributed by atoms with E-state index in [0.29, 0.717) is 6.04 Å². The third kappa shape index (κ3) is 4.08. The van der Waals surface area contributed by atoms with Gasteiger partial charge < -0.3 is 5.32 Å². The lowest BCUT2D eigenvalue weighted by Crippen LogP contribution is -2.47. The monoisotopic (exact) mass is 386 g/mol. The van der Waals surface area contributed by atoms with E-state index in [4.69, 9.17) is 0 Å². The van der Waals surface area contributed by atoms with Crippen molar-refractivity contribution < 1.29 is 0 Å². The fourth-order valence-electron chi connectivity index (χ4n) is 2.91. The second-order valence-electron chi connectivity index (χ2n) is 5.06. The minimum atomic E-state index is 0. The predicted octanol–water partition coefficient (Wildman–Crippen LogP) is 4.10. The molecule has 0 unspecified atom stereocenters. The number of rotatable bonds is 3. The lowest BCUT2D eigenvalue weighted by molar-refractivity contribution is 0.0860. The van der Waals surface area contributed by atoms with Crippen molar-refractivity contribution in [2.75, 3.05) is 26.2 Å². The van der Waals surface area contributed by atoms with Gasteiger partial charge >= 0.3 is 0 Å². The van der Waals surface area contributed by atoms with Crippen LogP contribution in [0.25, 0.3) is 0 Å². The van der Waals surface area contributed by atoms with Crippen LogP contribution in [0.5, 0.6) is 0 Å². The van der Waals surface area contributed by atoms with E-state index in [-0.39, 0.29) is 24.8 Å². The Morgan fingerprint density at radius 2 is 1.89 bits per heavy atom. The Bertz CT molecular complexity index is 378. The second kappa shape index (κ2) is 8.20. The molecular weight excluding hydrogens is 367 g/mol. The molecule has 0 spiro atoms. The highest BCUT2D eigenvalue weighted by Crippen LogP contribution is 2.44. The van der Waals surface area contributed by atoms with Gasteiger partial charge in [0.1, 0.15) is 0 Å². The fourth-order valence-corrected chi connectivity index (χ4v) is 4.57. The molecular formula is C13H21BrCl2N2S. The minimum absolute atomic E-state index is 0. The topological polar surface area (TPSA) is 15.3 Å². The smallest absolute Gasteiger partial charge is 0.0701 e. The van der Waals surface area contributed by atoms with Gasteiger partial charge in [-0.2, -0.15) is 0 Å². The molecule has 6 heteroatoms. The molecule has 3 rings (SSSR count). The van der Waals surface area contributed by atoms with Gasteiger partial charge in [0.2, 0.25) is 0 Å². The van der Waals surface area contributed by atoms with Gasteiger partial charge in [0.25, 0.3) is 0 Å². The number of piperazine rings is 1. The summed E-state index contributed by atoms with van der Waals surface area (Å²) in [7, 11) is 0. The van der Waals surface area contributed by atoms with E-state index in [1.807, 2.05) is 11.3 Å². The van der Waals surface area contributed by atoms with Crippen LogP contribution in [0.3, 0.4) is 0 Å². The molecule has 2 fully saturated rings. The van der Waals surface area contributed by atoms with Gasteiger partial charge in [-0.15, -0.1) is 36.2 Å². The first-order valence-corrected chi connectivity index (χ1v) is 8.15. The van der Waals surface area contributed by atoms with E-state index in [1.165, 1.54) is 36.1 Å². The molecule has 2 heterocycles. The Morgan fingerprint density at radius 1 is 1.21 bits per heavy atom. The minimum Gasteiger partial charge on any atom is -0.314 e. The number of hydrogen-bond acceptors (Lipinski definition) is 3. The van der Waals surface area contributed by atoms with Crippen molar-refractivity contribution in [1.82, 2.24) is 10.2 Å². The molecule has 1 N–H and O–H groups in total. The molecule has 1 saturated carbocycles. The Balaban J connectivity index is 0.000000902. The summed E-state index contributed by atoms with van der Waals surface area (Å²) < 4.78 is 1.27. The molecule has 1 aliphatic heterocycles. The molecule has 0 radical (unpaired) electrons. The van der Waals surface area contributed by atoms with Crippen molar-refractivity contribution in [3.8, 4) is 0 Å². The summed E-state index contributed by atoms with van der Waals surface area (Å²) in [6, 6.07) is 5.20. The van der Waals surface area contributed by atoms with Crippen LogP contribution < -0.4 is 5.32 Å². The summed E-state index contributed by atoms with van der Waals surface area (Å²) in [6.07, 6.45) is 4.27. The molecule has 0 amide bonds. The largest absolute Gasteiger partial charge is 0.314 e. The Kier molecular flexibility index (Phi) is 7.65. The zero-order valence-corrected chi connectivity index (χ0v) is 14.8. The molecule has 110 valence electrons. The molecule has 1 atom stereocenters. The van der Waals surface area contributed by atoms with E-state index in [1.54, 1.807) is 4.88 Å². The zero-order chi connectivity index (χ0) is 11.7. The van der Waals surface area contributed by atoms with E-state index < -0.39 is 0 Å². The number of hydrogen-bond donors (Lipinski definition) is 1. The SMILES string of the molecule is Brc1ccc([C@H](C2CCC2)N2CCNCC2)s1.Cl.Cl. The summed E-state index contributed by atoms with van der Waals surface area (Å²) in [5.41, 5.74) is 0. The Labute approximate surface area is 140 Å². The number of thiophene rings is 1. The molecule has 1 aliphatic carbocycles. The first kappa shape index (κ1) is 17.7. The summed E-state index contributed by atoms with van der Waals surface area (Å²) in [6.45, 7) is 4.71. The van der Waals surface area contributed by atoms with Crippen LogP contribution in [-0.2, 0) is 0 Å². The zero-order valence-electron chi connectivity index (χ0n) is 10.8. The van der Waals surface area contributed by atoms with Crippen molar-refractivity contribution in [3.63, 3.8) is 0 Å². The van der Waals surface area contributed by atoms with Crippen LogP contribution in [0, 0.1) is 5.92 Å². The van der Waals surface area contributed by atoms with Crippen LogP contribution in [0.4, 0.5) is 0 Å². The average Bonchev–Trinajstić information content (AvgIpc) is 2.71. The van der Waals surface area contributed by atoms with E-state index in [9.17, 15) is 0 Å². The molecule has 19 heavy (non-hydrogen) atoms. The standard InChI is InChI=1S/C13H19BrN2S.2ClH/c14-12-5-4-11(17-12)13(10-2-1-3-10)16-8-6-15-7-9-16;;/h4-5,10,13,15H,1-3,6-9H2;2*1H/t13-;;/m0../s1.